The van der Waals surface area contributed by atoms with Gasteiger partial charge in [0.1, 0.15) is 0 Å². The molecule has 2 aliphatic rings. The third kappa shape index (κ3) is 4.03. The van der Waals surface area contributed by atoms with Crippen LogP contribution in [0.25, 0.3) is 0 Å². The highest BCUT2D eigenvalue weighted by molar-refractivity contribution is 7.99. The molecule has 2 aliphatic heterocycles. The summed E-state index contributed by atoms with van der Waals surface area (Å²) in [5, 5.41) is 0. The maximum atomic E-state index is 13.3. The van der Waals surface area contributed by atoms with Crippen molar-refractivity contribution in [3.05, 3.63) is 48.0 Å². The molecule has 0 spiro atoms. The van der Waals surface area contributed by atoms with E-state index in [0.29, 0.717) is 11.6 Å². The predicted molar refractivity (Wildman–Crippen MR) is 108 cm³/mol. The van der Waals surface area contributed by atoms with E-state index >= 15 is 0 Å². The van der Waals surface area contributed by atoms with Crippen molar-refractivity contribution in [1.29, 1.82) is 0 Å². The van der Waals surface area contributed by atoms with Crippen LogP contribution in [0.1, 0.15) is 31.7 Å². The zero-order valence-corrected chi connectivity index (χ0v) is 16.8. The van der Waals surface area contributed by atoms with E-state index in [1.54, 1.807) is 17.8 Å². The molecule has 0 aromatic heterocycles. The fraction of sp³-hybridized carbons (Fsp3) is 0.455. The summed E-state index contributed by atoms with van der Waals surface area (Å²) in [6.07, 6.45) is -0.826. The number of nitrogens with zero attached hydrogens (tertiary/aromatic N) is 2. The Morgan fingerprint density at radius 2 is 1.68 bits per heavy atom. The molecule has 0 saturated carbocycles. The van der Waals surface area contributed by atoms with Crippen molar-refractivity contribution in [2.75, 3.05) is 31.1 Å². The third-order valence-corrected chi connectivity index (χ3v) is 6.82. The Labute approximate surface area is 168 Å². The van der Waals surface area contributed by atoms with Gasteiger partial charge in [-0.3, -0.25) is 0 Å². The Morgan fingerprint density at radius 3 is 2.39 bits per heavy atom. The lowest BCUT2D eigenvalue weighted by atomic mass is 10.0. The van der Waals surface area contributed by atoms with Gasteiger partial charge in [0.15, 0.2) is 0 Å². The Hall–Kier alpha value is -1.66. The lowest BCUT2D eigenvalue weighted by Gasteiger charge is -2.36. The van der Waals surface area contributed by atoms with Crippen molar-refractivity contribution in [3.8, 4) is 0 Å². The van der Waals surface area contributed by atoms with E-state index in [1.807, 2.05) is 18.2 Å². The van der Waals surface area contributed by atoms with Crippen molar-refractivity contribution in [2.45, 2.75) is 42.2 Å². The normalized spacial score (nSPS) is 18.1. The predicted octanol–water partition coefficient (Wildman–Crippen LogP) is 6.43. The van der Waals surface area contributed by atoms with Crippen LogP contribution < -0.4 is 4.90 Å². The number of hydrogen-bond donors (Lipinski definition) is 0. The summed E-state index contributed by atoms with van der Waals surface area (Å²) >= 11 is 1.55. The van der Waals surface area contributed by atoms with Crippen molar-refractivity contribution in [2.24, 2.45) is 5.92 Å². The van der Waals surface area contributed by atoms with Crippen LogP contribution in [0.15, 0.2) is 52.3 Å². The van der Waals surface area contributed by atoms with Gasteiger partial charge in [0, 0.05) is 22.9 Å². The third-order valence-electron chi connectivity index (χ3n) is 5.69. The van der Waals surface area contributed by atoms with Crippen LogP contribution in [-0.2, 0) is 6.18 Å². The van der Waals surface area contributed by atoms with Crippen molar-refractivity contribution < 1.29 is 13.2 Å². The summed E-state index contributed by atoms with van der Waals surface area (Å²) in [4.78, 5) is 6.60. The lowest BCUT2D eigenvalue weighted by Crippen LogP contribution is -2.34. The summed E-state index contributed by atoms with van der Waals surface area (Å²) in [5.41, 5.74) is 1.11. The second-order valence-corrected chi connectivity index (χ2v) is 8.73. The van der Waals surface area contributed by atoms with Crippen LogP contribution in [0.5, 0.6) is 0 Å². The zero-order chi connectivity index (χ0) is 19.7. The van der Waals surface area contributed by atoms with Gasteiger partial charge in [-0.15, -0.1) is 0 Å². The van der Waals surface area contributed by atoms with Gasteiger partial charge in [0.2, 0.25) is 0 Å². The molecule has 1 unspecified atom stereocenters. The van der Waals surface area contributed by atoms with E-state index in [0.717, 1.165) is 48.1 Å². The lowest BCUT2D eigenvalue weighted by molar-refractivity contribution is -0.137. The molecule has 6 heteroatoms. The Kier molecular flexibility index (Phi) is 5.61. The van der Waals surface area contributed by atoms with Gasteiger partial charge < -0.3 is 9.80 Å². The molecule has 0 radical (unpaired) electrons. The standard InChI is InChI=1S/C22H25F3N2S/c1-2-16(14-26-11-5-6-12-26)15-27-18-7-3-4-8-20(18)28-21-10-9-17(13-19(21)27)22(23,24)25/h3-4,7-10,13,16H,2,5-6,11-12,14-15H2,1H3. The molecule has 0 N–H and O–H groups in total. The minimum Gasteiger partial charge on any atom is -0.339 e. The number of alkyl halides is 3. The molecule has 0 aliphatic carbocycles. The van der Waals surface area contributed by atoms with E-state index in [2.05, 4.69) is 22.8 Å². The molecule has 2 aromatic carbocycles. The molecule has 0 bridgehead atoms. The highest BCUT2D eigenvalue weighted by atomic mass is 32.2. The Morgan fingerprint density at radius 1 is 0.964 bits per heavy atom. The van der Waals surface area contributed by atoms with Gasteiger partial charge >= 0.3 is 6.18 Å². The van der Waals surface area contributed by atoms with E-state index in [9.17, 15) is 13.2 Å². The van der Waals surface area contributed by atoms with Crippen LogP contribution >= 0.6 is 11.8 Å². The summed E-state index contributed by atoms with van der Waals surface area (Å²) in [7, 11) is 0. The largest absolute Gasteiger partial charge is 0.416 e. The molecule has 1 fully saturated rings. The van der Waals surface area contributed by atoms with Crippen LogP contribution in [0.3, 0.4) is 0 Å². The Balaban J connectivity index is 1.68. The maximum absolute atomic E-state index is 13.3. The molecular weight excluding hydrogens is 381 g/mol. The number of para-hydroxylation sites is 1. The first-order valence-electron chi connectivity index (χ1n) is 9.93. The van der Waals surface area contributed by atoms with Gasteiger partial charge in [0.25, 0.3) is 0 Å². The van der Waals surface area contributed by atoms with E-state index in [1.165, 1.54) is 25.0 Å². The van der Waals surface area contributed by atoms with Gasteiger partial charge in [-0.25, -0.2) is 0 Å². The summed E-state index contributed by atoms with van der Waals surface area (Å²) < 4.78 is 40.0. The zero-order valence-electron chi connectivity index (χ0n) is 16.0. The molecule has 28 heavy (non-hydrogen) atoms. The monoisotopic (exact) mass is 406 g/mol. The first-order valence-corrected chi connectivity index (χ1v) is 10.8. The molecule has 2 nitrogen and oxygen atoms in total. The maximum Gasteiger partial charge on any atom is 0.416 e. The molecule has 2 heterocycles. The number of hydrogen-bond acceptors (Lipinski definition) is 3. The quantitative estimate of drug-likeness (QED) is 0.565. The van der Waals surface area contributed by atoms with Gasteiger partial charge in [0.05, 0.1) is 16.9 Å². The van der Waals surface area contributed by atoms with E-state index in [4.69, 9.17) is 0 Å². The number of fused-ring (bicyclic) bond motifs is 2. The molecule has 1 saturated heterocycles. The van der Waals surface area contributed by atoms with Gasteiger partial charge in [-0.2, -0.15) is 13.2 Å². The van der Waals surface area contributed by atoms with Crippen molar-refractivity contribution in [1.82, 2.24) is 4.90 Å². The van der Waals surface area contributed by atoms with Crippen LogP contribution in [0.2, 0.25) is 0 Å². The van der Waals surface area contributed by atoms with Crippen molar-refractivity contribution in [3.63, 3.8) is 0 Å². The average molecular weight is 407 g/mol. The number of benzene rings is 2. The summed E-state index contributed by atoms with van der Waals surface area (Å²) in [6.45, 7) is 6.20. The first kappa shape index (κ1) is 19.6. The second kappa shape index (κ2) is 7.99. The molecule has 1 atom stereocenters. The molecule has 2 aromatic rings. The Bertz CT molecular complexity index is 831. The van der Waals surface area contributed by atoms with E-state index in [-0.39, 0.29) is 0 Å². The van der Waals surface area contributed by atoms with Crippen LogP contribution in [-0.4, -0.2) is 31.1 Å². The number of anilines is 2. The van der Waals surface area contributed by atoms with Gasteiger partial charge in [-0.05, 0) is 62.2 Å². The number of rotatable bonds is 5. The van der Waals surface area contributed by atoms with Gasteiger partial charge in [-0.1, -0.05) is 37.2 Å². The second-order valence-electron chi connectivity index (χ2n) is 7.64. The number of likely N-dealkylation sites (tertiary alicyclic amines) is 1. The fourth-order valence-corrected chi connectivity index (χ4v) is 5.18. The highest BCUT2D eigenvalue weighted by Crippen LogP contribution is 2.49. The van der Waals surface area contributed by atoms with Crippen LogP contribution in [0, 0.1) is 5.92 Å². The molecule has 150 valence electrons. The van der Waals surface area contributed by atoms with Crippen LogP contribution in [0.4, 0.5) is 24.5 Å². The first-order chi connectivity index (χ1) is 13.5. The van der Waals surface area contributed by atoms with Crippen molar-refractivity contribution >= 4 is 23.1 Å². The fourth-order valence-electron chi connectivity index (χ4n) is 4.11. The molecule has 0 amide bonds. The minimum absolute atomic E-state index is 0.414. The minimum atomic E-state index is -4.33. The number of halogens is 3. The topological polar surface area (TPSA) is 6.48 Å². The average Bonchev–Trinajstić information content (AvgIpc) is 3.19. The summed E-state index contributed by atoms with van der Waals surface area (Å²) in [5.74, 6) is 0.414. The molecular formula is C22H25F3N2S. The highest BCUT2D eigenvalue weighted by Gasteiger charge is 2.34. The summed E-state index contributed by atoms with van der Waals surface area (Å²) in [6, 6.07) is 12.2. The molecule has 4 rings (SSSR count). The smallest absolute Gasteiger partial charge is 0.339 e. The van der Waals surface area contributed by atoms with E-state index < -0.39 is 11.7 Å². The SMILES string of the molecule is CCC(CN1CCCC1)CN1c2ccccc2Sc2ccc(C(F)(F)F)cc21.